The Morgan fingerprint density at radius 1 is 1.40 bits per heavy atom. The molecule has 110 valence electrons. The van der Waals surface area contributed by atoms with Crippen molar-refractivity contribution in [3.05, 3.63) is 29.8 Å². The monoisotopic (exact) mass is 296 g/mol. The molecule has 1 heterocycles. The van der Waals surface area contributed by atoms with Crippen LogP contribution in [0, 0.1) is 0 Å². The average molecular weight is 296 g/mol. The van der Waals surface area contributed by atoms with Crippen LogP contribution in [0.15, 0.2) is 29.2 Å². The maximum atomic E-state index is 12.2. The number of carbonyl (C=O) groups is 1. The van der Waals surface area contributed by atoms with Gasteiger partial charge in [0.1, 0.15) is 0 Å². The Hall–Kier alpha value is -1.40. The summed E-state index contributed by atoms with van der Waals surface area (Å²) in [4.78, 5) is 14.5. The van der Waals surface area contributed by atoms with Crippen molar-refractivity contribution in [1.82, 2.24) is 10.2 Å². The van der Waals surface area contributed by atoms with Gasteiger partial charge in [-0.25, -0.2) is 8.42 Å². The van der Waals surface area contributed by atoms with Gasteiger partial charge in [-0.05, 0) is 44.6 Å². The number of rotatable bonds is 3. The molecular weight excluding hydrogens is 276 g/mol. The first kappa shape index (κ1) is 15.0. The van der Waals surface area contributed by atoms with Crippen LogP contribution in [0.2, 0.25) is 0 Å². The second-order valence-corrected chi connectivity index (χ2v) is 7.39. The predicted octanol–water partition coefficient (Wildman–Crippen LogP) is 0.914. The summed E-state index contributed by atoms with van der Waals surface area (Å²) < 4.78 is 23.0. The van der Waals surface area contributed by atoms with E-state index in [4.69, 9.17) is 0 Å². The summed E-state index contributed by atoms with van der Waals surface area (Å²) in [7, 11) is -1.26. The maximum Gasteiger partial charge on any atom is 0.251 e. The number of likely N-dealkylation sites (N-methyl/N-ethyl adjacent to an activating group) is 1. The van der Waals surface area contributed by atoms with Gasteiger partial charge >= 0.3 is 0 Å². The summed E-state index contributed by atoms with van der Waals surface area (Å²) in [6.07, 6.45) is 3.16. The molecule has 0 aliphatic carbocycles. The summed E-state index contributed by atoms with van der Waals surface area (Å²) >= 11 is 0. The molecule has 6 heteroatoms. The second-order valence-electron chi connectivity index (χ2n) is 5.37. The van der Waals surface area contributed by atoms with E-state index < -0.39 is 9.84 Å². The predicted molar refractivity (Wildman–Crippen MR) is 77.5 cm³/mol. The number of nitrogens with one attached hydrogen (secondary N) is 1. The lowest BCUT2D eigenvalue weighted by Crippen LogP contribution is -2.46. The van der Waals surface area contributed by atoms with Crippen molar-refractivity contribution in [3.63, 3.8) is 0 Å². The first-order chi connectivity index (χ1) is 9.36. The van der Waals surface area contributed by atoms with Crippen LogP contribution >= 0.6 is 0 Å². The highest BCUT2D eigenvalue weighted by molar-refractivity contribution is 7.90. The number of amides is 1. The van der Waals surface area contributed by atoms with E-state index in [1.165, 1.54) is 12.1 Å². The molecule has 0 radical (unpaired) electrons. The minimum atomic E-state index is -3.29. The molecule has 1 amide bonds. The molecule has 1 N–H and O–H groups in total. The standard InChI is InChI=1S/C14H20N2O3S/c1-16-8-4-6-12(10-16)15-14(17)11-5-3-7-13(9-11)20(2,18)19/h3,5,7,9,12H,4,6,8,10H2,1-2H3,(H,15,17)/t12-/m1/s1. The molecule has 1 fully saturated rings. The Kier molecular flexibility index (Phi) is 4.45. The third kappa shape index (κ3) is 3.80. The molecule has 1 aliphatic heterocycles. The molecular formula is C14H20N2O3S. The van der Waals surface area contributed by atoms with Crippen LogP contribution < -0.4 is 5.32 Å². The average Bonchev–Trinajstić information content (AvgIpc) is 2.38. The summed E-state index contributed by atoms with van der Waals surface area (Å²) in [5.74, 6) is -0.212. The smallest absolute Gasteiger partial charge is 0.251 e. The van der Waals surface area contributed by atoms with E-state index in [1.54, 1.807) is 12.1 Å². The van der Waals surface area contributed by atoms with Gasteiger partial charge in [-0.2, -0.15) is 0 Å². The molecule has 20 heavy (non-hydrogen) atoms. The molecule has 5 nitrogen and oxygen atoms in total. The van der Waals surface area contributed by atoms with Gasteiger partial charge in [-0.3, -0.25) is 4.79 Å². The highest BCUT2D eigenvalue weighted by atomic mass is 32.2. The number of hydrogen-bond acceptors (Lipinski definition) is 4. The zero-order valence-electron chi connectivity index (χ0n) is 11.8. The first-order valence-corrected chi connectivity index (χ1v) is 8.55. The Labute approximate surface area is 119 Å². The number of likely N-dealkylation sites (tertiary alicyclic amines) is 1. The van der Waals surface area contributed by atoms with Crippen molar-refractivity contribution in [3.8, 4) is 0 Å². The van der Waals surface area contributed by atoms with E-state index in [9.17, 15) is 13.2 Å². The zero-order valence-corrected chi connectivity index (χ0v) is 12.6. The lowest BCUT2D eigenvalue weighted by atomic mass is 10.1. The lowest BCUT2D eigenvalue weighted by Gasteiger charge is -2.30. The molecule has 0 aromatic heterocycles. The molecule has 0 unspecified atom stereocenters. The van der Waals surface area contributed by atoms with E-state index in [0.29, 0.717) is 5.56 Å². The van der Waals surface area contributed by atoms with Gasteiger partial charge in [0.25, 0.3) is 5.91 Å². The van der Waals surface area contributed by atoms with Crippen molar-refractivity contribution in [2.75, 3.05) is 26.4 Å². The first-order valence-electron chi connectivity index (χ1n) is 6.66. The highest BCUT2D eigenvalue weighted by Gasteiger charge is 2.20. The Morgan fingerprint density at radius 3 is 2.80 bits per heavy atom. The van der Waals surface area contributed by atoms with Gasteiger partial charge in [-0.15, -0.1) is 0 Å². The fourth-order valence-electron chi connectivity index (χ4n) is 2.42. The topological polar surface area (TPSA) is 66.5 Å². The SMILES string of the molecule is CN1CCC[C@@H](NC(=O)c2cccc(S(C)(=O)=O)c2)C1. The minimum Gasteiger partial charge on any atom is -0.348 e. The fourth-order valence-corrected chi connectivity index (χ4v) is 3.09. The van der Waals surface area contributed by atoms with E-state index >= 15 is 0 Å². The Bertz CT molecular complexity index is 598. The van der Waals surface area contributed by atoms with Gasteiger partial charge in [0, 0.05) is 24.4 Å². The zero-order chi connectivity index (χ0) is 14.8. The van der Waals surface area contributed by atoms with Crippen LogP contribution in [0.1, 0.15) is 23.2 Å². The van der Waals surface area contributed by atoms with Crippen LogP contribution in [0.3, 0.4) is 0 Å². The quantitative estimate of drug-likeness (QED) is 0.900. The van der Waals surface area contributed by atoms with Gasteiger partial charge < -0.3 is 10.2 Å². The number of carbonyl (C=O) groups excluding carboxylic acids is 1. The minimum absolute atomic E-state index is 0.128. The molecule has 0 bridgehead atoms. The van der Waals surface area contributed by atoms with Crippen LogP contribution in [0.4, 0.5) is 0 Å². The molecule has 1 aliphatic rings. The summed E-state index contributed by atoms with van der Waals surface area (Å²) in [6, 6.07) is 6.29. The van der Waals surface area contributed by atoms with E-state index in [-0.39, 0.29) is 16.8 Å². The molecule has 1 atom stereocenters. The second kappa shape index (κ2) is 5.93. The number of sulfone groups is 1. The Morgan fingerprint density at radius 2 is 2.15 bits per heavy atom. The lowest BCUT2D eigenvalue weighted by molar-refractivity contribution is 0.0912. The number of benzene rings is 1. The van der Waals surface area contributed by atoms with Crippen LogP contribution in [-0.2, 0) is 9.84 Å². The maximum absolute atomic E-state index is 12.2. The Balaban J connectivity index is 2.09. The van der Waals surface area contributed by atoms with E-state index in [2.05, 4.69) is 10.2 Å². The van der Waals surface area contributed by atoms with Crippen LogP contribution in [-0.4, -0.2) is 51.7 Å². The van der Waals surface area contributed by atoms with Crippen LogP contribution in [0.25, 0.3) is 0 Å². The van der Waals surface area contributed by atoms with Crippen molar-refractivity contribution < 1.29 is 13.2 Å². The van der Waals surface area contributed by atoms with Gasteiger partial charge in [0.15, 0.2) is 9.84 Å². The summed E-state index contributed by atoms with van der Waals surface area (Å²) in [5, 5.41) is 2.97. The molecule has 2 rings (SSSR count). The molecule has 1 saturated heterocycles. The third-order valence-electron chi connectivity index (χ3n) is 3.48. The largest absolute Gasteiger partial charge is 0.348 e. The van der Waals surface area contributed by atoms with Gasteiger partial charge in [-0.1, -0.05) is 6.07 Å². The number of hydrogen-bond donors (Lipinski definition) is 1. The normalized spacial score (nSPS) is 20.6. The van der Waals surface area contributed by atoms with Crippen molar-refractivity contribution >= 4 is 15.7 Å². The fraction of sp³-hybridized carbons (Fsp3) is 0.500. The van der Waals surface area contributed by atoms with Crippen molar-refractivity contribution in [1.29, 1.82) is 0 Å². The van der Waals surface area contributed by atoms with Gasteiger partial charge in [0.2, 0.25) is 0 Å². The summed E-state index contributed by atoms with van der Waals surface area (Å²) in [6.45, 7) is 1.88. The van der Waals surface area contributed by atoms with Crippen molar-refractivity contribution in [2.24, 2.45) is 0 Å². The number of piperidine rings is 1. The molecule has 1 aromatic rings. The van der Waals surface area contributed by atoms with E-state index in [1.807, 2.05) is 7.05 Å². The molecule has 0 saturated carbocycles. The molecule has 0 spiro atoms. The van der Waals surface area contributed by atoms with Crippen LogP contribution in [0.5, 0.6) is 0 Å². The van der Waals surface area contributed by atoms with Crippen molar-refractivity contribution in [2.45, 2.75) is 23.8 Å². The van der Waals surface area contributed by atoms with Gasteiger partial charge in [0.05, 0.1) is 4.90 Å². The summed E-state index contributed by atoms with van der Waals surface area (Å²) in [5.41, 5.74) is 0.390. The highest BCUT2D eigenvalue weighted by Crippen LogP contribution is 2.13. The molecule has 1 aromatic carbocycles. The third-order valence-corrected chi connectivity index (χ3v) is 4.59. The van der Waals surface area contributed by atoms with E-state index in [0.717, 1.165) is 32.2 Å². The number of nitrogens with zero attached hydrogens (tertiary/aromatic N) is 1.